The summed E-state index contributed by atoms with van der Waals surface area (Å²) in [7, 11) is 0. The molecule has 1 heterocycles. The van der Waals surface area contributed by atoms with Crippen LogP contribution in [0.2, 0.25) is 0 Å². The van der Waals surface area contributed by atoms with E-state index in [2.05, 4.69) is 11.9 Å². The molecular formula is C23H26N2O3. The third-order valence-corrected chi connectivity index (χ3v) is 4.72. The molecular weight excluding hydrogens is 352 g/mol. The number of aryl methyl sites for hydroxylation is 2. The van der Waals surface area contributed by atoms with Crippen molar-refractivity contribution in [2.75, 3.05) is 23.4 Å². The molecule has 2 aromatic rings. The average molecular weight is 378 g/mol. The summed E-state index contributed by atoms with van der Waals surface area (Å²) >= 11 is 0. The Labute approximate surface area is 166 Å². The molecule has 2 amide bonds. The SMILES string of the molecule is C=CCN1C(=O)C(C)(C)COc2cc(NC(=O)c3cc(C)cc(C)c3)ccc21. The van der Waals surface area contributed by atoms with Gasteiger partial charge in [-0.3, -0.25) is 9.59 Å². The van der Waals surface area contributed by atoms with Gasteiger partial charge in [-0.2, -0.15) is 0 Å². The van der Waals surface area contributed by atoms with Crippen LogP contribution in [0.25, 0.3) is 0 Å². The number of benzene rings is 2. The third kappa shape index (κ3) is 3.93. The molecule has 0 spiro atoms. The number of anilines is 2. The Bertz CT molecular complexity index is 927. The Kier molecular flexibility index (Phi) is 5.27. The van der Waals surface area contributed by atoms with Crippen LogP contribution in [0.1, 0.15) is 35.3 Å². The lowest BCUT2D eigenvalue weighted by Crippen LogP contribution is -2.42. The molecule has 0 atom stereocenters. The van der Waals surface area contributed by atoms with E-state index < -0.39 is 5.41 Å². The molecule has 0 aliphatic carbocycles. The Morgan fingerprint density at radius 2 is 1.89 bits per heavy atom. The van der Waals surface area contributed by atoms with Crippen LogP contribution in [0.5, 0.6) is 5.75 Å². The fraction of sp³-hybridized carbons (Fsp3) is 0.304. The third-order valence-electron chi connectivity index (χ3n) is 4.72. The zero-order chi connectivity index (χ0) is 20.5. The van der Waals surface area contributed by atoms with Gasteiger partial charge in [0.25, 0.3) is 5.91 Å². The van der Waals surface area contributed by atoms with E-state index in [0.29, 0.717) is 29.2 Å². The second-order valence-corrected chi connectivity index (χ2v) is 7.89. The molecule has 3 rings (SSSR count). The van der Waals surface area contributed by atoms with Gasteiger partial charge >= 0.3 is 0 Å². The van der Waals surface area contributed by atoms with Crippen LogP contribution in [0.4, 0.5) is 11.4 Å². The number of rotatable bonds is 4. The lowest BCUT2D eigenvalue weighted by molar-refractivity contribution is -0.127. The van der Waals surface area contributed by atoms with Crippen molar-refractivity contribution in [2.24, 2.45) is 5.41 Å². The largest absolute Gasteiger partial charge is 0.490 e. The van der Waals surface area contributed by atoms with Crippen LogP contribution in [0.15, 0.2) is 49.1 Å². The zero-order valence-corrected chi connectivity index (χ0v) is 16.8. The fourth-order valence-corrected chi connectivity index (χ4v) is 3.34. The molecule has 0 bridgehead atoms. The highest BCUT2D eigenvalue weighted by atomic mass is 16.5. The van der Waals surface area contributed by atoms with Crippen molar-refractivity contribution in [3.05, 3.63) is 65.7 Å². The maximum atomic E-state index is 12.9. The molecule has 0 unspecified atom stereocenters. The van der Waals surface area contributed by atoms with Gasteiger partial charge in [-0.15, -0.1) is 6.58 Å². The van der Waals surface area contributed by atoms with Gasteiger partial charge in [-0.25, -0.2) is 0 Å². The lowest BCUT2D eigenvalue weighted by atomic mass is 9.93. The first kappa shape index (κ1) is 19.7. The van der Waals surface area contributed by atoms with Crippen LogP contribution >= 0.6 is 0 Å². The van der Waals surface area contributed by atoms with E-state index in [9.17, 15) is 9.59 Å². The second-order valence-electron chi connectivity index (χ2n) is 7.89. The second kappa shape index (κ2) is 7.50. The number of nitrogens with zero attached hydrogens (tertiary/aromatic N) is 1. The summed E-state index contributed by atoms with van der Waals surface area (Å²) in [5.41, 5.74) is 3.34. The van der Waals surface area contributed by atoms with Crippen LogP contribution < -0.4 is 15.0 Å². The highest BCUT2D eigenvalue weighted by Gasteiger charge is 2.37. The summed E-state index contributed by atoms with van der Waals surface area (Å²) in [6.45, 7) is 12.1. The minimum absolute atomic E-state index is 0.0156. The van der Waals surface area contributed by atoms with E-state index in [0.717, 1.165) is 11.1 Å². The molecule has 0 radical (unpaired) electrons. The summed E-state index contributed by atoms with van der Waals surface area (Å²) in [4.78, 5) is 27.2. The number of nitrogens with one attached hydrogen (secondary N) is 1. The predicted octanol–water partition coefficient (Wildman–Crippen LogP) is 4.49. The number of amides is 2. The van der Waals surface area contributed by atoms with Crippen molar-refractivity contribution in [1.29, 1.82) is 0 Å². The van der Waals surface area contributed by atoms with E-state index in [1.807, 2.05) is 45.9 Å². The van der Waals surface area contributed by atoms with Crippen molar-refractivity contribution in [3.63, 3.8) is 0 Å². The van der Waals surface area contributed by atoms with Crippen molar-refractivity contribution >= 4 is 23.2 Å². The Morgan fingerprint density at radius 3 is 2.54 bits per heavy atom. The maximum absolute atomic E-state index is 12.9. The molecule has 0 saturated heterocycles. The standard InChI is InChI=1S/C23H26N2O3/c1-6-9-25-19-8-7-18(13-20(19)28-14-23(4,5)22(25)27)24-21(26)17-11-15(2)10-16(3)12-17/h6-8,10-13H,1,9,14H2,2-5H3,(H,24,26). The zero-order valence-electron chi connectivity index (χ0n) is 16.8. The summed E-state index contributed by atoms with van der Waals surface area (Å²) in [5.74, 6) is 0.372. The number of carbonyl (C=O) groups excluding carboxylic acids is 2. The quantitative estimate of drug-likeness (QED) is 0.797. The fourth-order valence-electron chi connectivity index (χ4n) is 3.34. The van der Waals surface area contributed by atoms with E-state index in [4.69, 9.17) is 4.74 Å². The molecule has 1 N–H and O–H groups in total. The number of fused-ring (bicyclic) bond motifs is 1. The smallest absolute Gasteiger partial charge is 0.255 e. The van der Waals surface area contributed by atoms with Gasteiger partial charge in [0, 0.05) is 23.9 Å². The van der Waals surface area contributed by atoms with Crippen molar-refractivity contribution in [2.45, 2.75) is 27.7 Å². The van der Waals surface area contributed by atoms with Crippen LogP contribution in [0, 0.1) is 19.3 Å². The monoisotopic (exact) mass is 378 g/mol. The molecule has 0 saturated carbocycles. The predicted molar refractivity (Wildman–Crippen MR) is 112 cm³/mol. The molecule has 146 valence electrons. The number of ether oxygens (including phenoxy) is 1. The van der Waals surface area contributed by atoms with E-state index in [1.165, 1.54) is 0 Å². The first-order chi connectivity index (χ1) is 13.2. The molecule has 1 aliphatic heterocycles. The Hall–Kier alpha value is -3.08. The van der Waals surface area contributed by atoms with Gasteiger partial charge in [0.2, 0.25) is 5.91 Å². The molecule has 2 aromatic carbocycles. The van der Waals surface area contributed by atoms with E-state index in [1.54, 1.807) is 29.2 Å². The van der Waals surface area contributed by atoms with Gasteiger partial charge in [0.05, 0.1) is 11.1 Å². The number of hydrogen-bond donors (Lipinski definition) is 1. The minimum Gasteiger partial charge on any atom is -0.490 e. The maximum Gasteiger partial charge on any atom is 0.255 e. The summed E-state index contributed by atoms with van der Waals surface area (Å²) in [6.07, 6.45) is 1.69. The van der Waals surface area contributed by atoms with Gasteiger partial charge in [-0.05, 0) is 52.0 Å². The normalized spacial score (nSPS) is 15.3. The summed E-state index contributed by atoms with van der Waals surface area (Å²) in [6, 6.07) is 11.1. The highest BCUT2D eigenvalue weighted by Crippen LogP contribution is 2.38. The Balaban J connectivity index is 1.91. The van der Waals surface area contributed by atoms with Crippen molar-refractivity contribution < 1.29 is 14.3 Å². The lowest BCUT2D eigenvalue weighted by Gasteiger charge is -2.27. The van der Waals surface area contributed by atoms with E-state index >= 15 is 0 Å². The number of carbonyl (C=O) groups is 2. The van der Waals surface area contributed by atoms with Crippen molar-refractivity contribution in [1.82, 2.24) is 0 Å². The van der Waals surface area contributed by atoms with Gasteiger partial charge < -0.3 is 15.0 Å². The molecule has 0 aromatic heterocycles. The Morgan fingerprint density at radius 1 is 1.21 bits per heavy atom. The van der Waals surface area contributed by atoms with E-state index in [-0.39, 0.29) is 18.4 Å². The molecule has 5 heteroatoms. The van der Waals surface area contributed by atoms with Gasteiger partial charge in [-0.1, -0.05) is 23.3 Å². The van der Waals surface area contributed by atoms with Gasteiger partial charge in [0.1, 0.15) is 12.4 Å². The first-order valence-corrected chi connectivity index (χ1v) is 9.30. The van der Waals surface area contributed by atoms with Crippen molar-refractivity contribution in [3.8, 4) is 5.75 Å². The highest BCUT2D eigenvalue weighted by molar-refractivity contribution is 6.05. The van der Waals surface area contributed by atoms with Gasteiger partial charge in [0.15, 0.2) is 0 Å². The minimum atomic E-state index is -0.648. The first-order valence-electron chi connectivity index (χ1n) is 9.30. The summed E-state index contributed by atoms with van der Waals surface area (Å²) < 4.78 is 5.93. The topological polar surface area (TPSA) is 58.6 Å². The average Bonchev–Trinajstić information content (AvgIpc) is 2.71. The molecule has 0 fully saturated rings. The summed E-state index contributed by atoms with van der Waals surface area (Å²) in [5, 5.41) is 2.92. The molecule has 1 aliphatic rings. The van der Waals surface area contributed by atoms with Crippen LogP contribution in [-0.2, 0) is 4.79 Å². The molecule has 28 heavy (non-hydrogen) atoms. The molecule has 5 nitrogen and oxygen atoms in total. The number of hydrogen-bond acceptors (Lipinski definition) is 3. The van der Waals surface area contributed by atoms with Crippen LogP contribution in [0.3, 0.4) is 0 Å². The van der Waals surface area contributed by atoms with Crippen LogP contribution in [-0.4, -0.2) is 25.0 Å².